The van der Waals surface area contributed by atoms with Gasteiger partial charge in [0.15, 0.2) is 0 Å². The van der Waals surface area contributed by atoms with E-state index < -0.39 is 5.82 Å². The number of rotatable bonds is 1. The second-order valence-corrected chi connectivity index (χ2v) is 6.71. The van der Waals surface area contributed by atoms with Gasteiger partial charge in [0.1, 0.15) is 5.82 Å². The van der Waals surface area contributed by atoms with Gasteiger partial charge in [-0.1, -0.05) is 20.8 Å². The Bertz CT molecular complexity index is 479. The number of amides is 1. The van der Waals surface area contributed by atoms with Crippen LogP contribution >= 0.6 is 0 Å². The Morgan fingerprint density at radius 1 is 1.25 bits per heavy atom. The minimum absolute atomic E-state index is 0.122. The van der Waals surface area contributed by atoms with Gasteiger partial charge in [-0.15, -0.1) is 0 Å². The van der Waals surface area contributed by atoms with E-state index in [2.05, 4.69) is 20.8 Å². The van der Waals surface area contributed by atoms with E-state index in [0.29, 0.717) is 11.5 Å². The highest BCUT2D eigenvalue weighted by Gasteiger charge is 2.30. The molecule has 0 atom stereocenters. The van der Waals surface area contributed by atoms with Gasteiger partial charge in [-0.05, 0) is 42.4 Å². The smallest absolute Gasteiger partial charge is 0.254 e. The second-order valence-electron chi connectivity index (χ2n) is 6.71. The maximum Gasteiger partial charge on any atom is 0.254 e. The monoisotopic (exact) mass is 278 g/mol. The Balaban J connectivity index is 2.05. The molecule has 2 rings (SSSR count). The number of hydrogen-bond acceptors (Lipinski definition) is 2. The zero-order chi connectivity index (χ0) is 14.9. The molecule has 4 heteroatoms. The minimum Gasteiger partial charge on any atom is -0.399 e. The maximum absolute atomic E-state index is 13.3. The highest BCUT2D eigenvalue weighted by molar-refractivity contribution is 5.95. The van der Waals surface area contributed by atoms with Gasteiger partial charge < -0.3 is 10.6 Å². The summed E-state index contributed by atoms with van der Waals surface area (Å²) in [5, 5.41) is 0. The Kier molecular flexibility index (Phi) is 4.02. The number of anilines is 1. The van der Waals surface area contributed by atoms with Crippen molar-refractivity contribution in [2.75, 3.05) is 18.8 Å². The first-order valence-electron chi connectivity index (χ1n) is 7.13. The molecule has 20 heavy (non-hydrogen) atoms. The van der Waals surface area contributed by atoms with Gasteiger partial charge in [0.25, 0.3) is 5.91 Å². The largest absolute Gasteiger partial charge is 0.399 e. The van der Waals surface area contributed by atoms with Crippen molar-refractivity contribution in [3.05, 3.63) is 29.6 Å². The summed E-state index contributed by atoms with van der Waals surface area (Å²) in [6.07, 6.45) is 2.00. The third-order valence-corrected chi connectivity index (χ3v) is 4.17. The van der Waals surface area contributed by atoms with Crippen LogP contribution in [0, 0.1) is 17.2 Å². The molecule has 1 aliphatic rings. The van der Waals surface area contributed by atoms with E-state index in [1.54, 1.807) is 11.0 Å². The number of carbonyl (C=O) groups is 1. The first-order valence-corrected chi connectivity index (χ1v) is 7.13. The number of nitrogens with two attached hydrogens (primary N) is 1. The number of piperidine rings is 1. The standard InChI is InChI=1S/C16H23FN2O/c1-16(2,3)12-4-6-19(7-5-12)15(20)11-8-13(17)10-14(18)9-11/h8-10,12H,4-7,18H2,1-3H3. The number of benzene rings is 1. The lowest BCUT2D eigenvalue weighted by molar-refractivity contribution is 0.0608. The molecule has 1 aliphatic heterocycles. The van der Waals surface area contributed by atoms with Crippen molar-refractivity contribution >= 4 is 11.6 Å². The average molecular weight is 278 g/mol. The number of likely N-dealkylation sites (tertiary alicyclic amines) is 1. The zero-order valence-electron chi connectivity index (χ0n) is 12.4. The third kappa shape index (κ3) is 3.30. The second kappa shape index (κ2) is 5.43. The van der Waals surface area contributed by atoms with Gasteiger partial charge in [-0.25, -0.2) is 4.39 Å². The van der Waals surface area contributed by atoms with Crippen LogP contribution in [0.1, 0.15) is 44.0 Å². The summed E-state index contributed by atoms with van der Waals surface area (Å²) in [6, 6.07) is 4.03. The highest BCUT2D eigenvalue weighted by Crippen LogP contribution is 2.34. The number of nitrogens with zero attached hydrogens (tertiary/aromatic N) is 1. The van der Waals surface area contributed by atoms with Crippen LogP contribution in [0.2, 0.25) is 0 Å². The number of halogens is 1. The summed E-state index contributed by atoms with van der Waals surface area (Å²) in [7, 11) is 0. The molecule has 1 heterocycles. The fourth-order valence-corrected chi connectivity index (χ4v) is 2.87. The molecule has 1 aromatic rings. The van der Waals surface area contributed by atoms with Crippen molar-refractivity contribution in [3.63, 3.8) is 0 Å². The van der Waals surface area contributed by atoms with Crippen LogP contribution in [0.3, 0.4) is 0 Å². The minimum atomic E-state index is -0.460. The average Bonchev–Trinajstić information content (AvgIpc) is 2.36. The van der Waals surface area contributed by atoms with Crippen LogP contribution in [0.15, 0.2) is 18.2 Å². The Morgan fingerprint density at radius 3 is 2.35 bits per heavy atom. The molecule has 0 aliphatic carbocycles. The lowest BCUT2D eigenvalue weighted by Gasteiger charge is -2.38. The van der Waals surface area contributed by atoms with Crippen LogP contribution in [0.4, 0.5) is 10.1 Å². The lowest BCUT2D eigenvalue weighted by atomic mass is 9.75. The molecule has 1 saturated heterocycles. The van der Waals surface area contributed by atoms with Crippen LogP contribution in [-0.2, 0) is 0 Å². The SMILES string of the molecule is CC(C)(C)C1CCN(C(=O)c2cc(N)cc(F)c2)CC1. The molecule has 0 bridgehead atoms. The fraction of sp³-hybridized carbons (Fsp3) is 0.562. The van der Waals surface area contributed by atoms with Gasteiger partial charge in [-0.2, -0.15) is 0 Å². The van der Waals surface area contributed by atoms with E-state index >= 15 is 0 Å². The summed E-state index contributed by atoms with van der Waals surface area (Å²) < 4.78 is 13.3. The number of hydrogen-bond donors (Lipinski definition) is 1. The van der Waals surface area contributed by atoms with Crippen molar-refractivity contribution in [1.29, 1.82) is 0 Å². The molecule has 110 valence electrons. The molecule has 1 fully saturated rings. The molecule has 0 unspecified atom stereocenters. The number of nitrogen functional groups attached to an aromatic ring is 1. The quantitative estimate of drug-likeness (QED) is 0.801. The summed E-state index contributed by atoms with van der Waals surface area (Å²) >= 11 is 0. The summed E-state index contributed by atoms with van der Waals surface area (Å²) in [6.45, 7) is 8.18. The molecule has 0 aromatic heterocycles. The lowest BCUT2D eigenvalue weighted by Crippen LogP contribution is -2.41. The first kappa shape index (κ1) is 14.8. The first-order chi connectivity index (χ1) is 9.27. The summed E-state index contributed by atoms with van der Waals surface area (Å²) in [4.78, 5) is 14.2. The van der Waals surface area contributed by atoms with E-state index in [4.69, 9.17) is 5.73 Å². The fourth-order valence-electron chi connectivity index (χ4n) is 2.87. The van der Waals surface area contributed by atoms with Gasteiger partial charge in [0.05, 0.1) is 0 Å². The van der Waals surface area contributed by atoms with E-state index in [1.165, 1.54) is 12.1 Å². The Labute approximate surface area is 120 Å². The summed E-state index contributed by atoms with van der Waals surface area (Å²) in [5.41, 5.74) is 6.51. The van der Waals surface area contributed by atoms with Gasteiger partial charge in [0.2, 0.25) is 0 Å². The van der Waals surface area contributed by atoms with Gasteiger partial charge in [0, 0.05) is 24.3 Å². The predicted molar refractivity (Wildman–Crippen MR) is 78.9 cm³/mol. The molecule has 1 amide bonds. The topological polar surface area (TPSA) is 46.3 Å². The molecule has 0 spiro atoms. The van der Waals surface area contributed by atoms with Gasteiger partial charge in [-0.3, -0.25) is 4.79 Å². The molecule has 0 radical (unpaired) electrons. The van der Waals surface area contributed by atoms with Crippen molar-refractivity contribution in [1.82, 2.24) is 4.90 Å². The molecule has 2 N–H and O–H groups in total. The molecular formula is C16H23FN2O. The maximum atomic E-state index is 13.3. The molecule has 3 nitrogen and oxygen atoms in total. The molecule has 0 saturated carbocycles. The Morgan fingerprint density at radius 2 is 1.85 bits per heavy atom. The van der Waals surface area contributed by atoms with E-state index in [9.17, 15) is 9.18 Å². The summed E-state index contributed by atoms with van der Waals surface area (Å²) in [5.74, 6) is 0.0469. The third-order valence-electron chi connectivity index (χ3n) is 4.17. The normalized spacial score (nSPS) is 17.3. The number of carbonyl (C=O) groups excluding carboxylic acids is 1. The van der Waals surface area contributed by atoms with Crippen LogP contribution < -0.4 is 5.73 Å². The highest BCUT2D eigenvalue weighted by atomic mass is 19.1. The van der Waals surface area contributed by atoms with Crippen molar-refractivity contribution in [3.8, 4) is 0 Å². The molecular weight excluding hydrogens is 255 g/mol. The van der Waals surface area contributed by atoms with E-state index in [-0.39, 0.29) is 17.0 Å². The molecule has 1 aromatic carbocycles. The van der Waals surface area contributed by atoms with Crippen LogP contribution in [0.5, 0.6) is 0 Å². The predicted octanol–water partition coefficient (Wildman–Crippen LogP) is 3.31. The van der Waals surface area contributed by atoms with Crippen molar-refractivity contribution in [2.45, 2.75) is 33.6 Å². The van der Waals surface area contributed by atoms with Crippen molar-refractivity contribution < 1.29 is 9.18 Å². The van der Waals surface area contributed by atoms with Gasteiger partial charge >= 0.3 is 0 Å². The zero-order valence-corrected chi connectivity index (χ0v) is 12.4. The van der Waals surface area contributed by atoms with E-state index in [0.717, 1.165) is 25.9 Å². The van der Waals surface area contributed by atoms with Crippen molar-refractivity contribution in [2.24, 2.45) is 11.3 Å². The van der Waals surface area contributed by atoms with E-state index in [1.807, 2.05) is 0 Å². The van der Waals surface area contributed by atoms with Crippen LogP contribution in [0.25, 0.3) is 0 Å². The Hall–Kier alpha value is -1.58. The van der Waals surface area contributed by atoms with Crippen LogP contribution in [-0.4, -0.2) is 23.9 Å².